The van der Waals surface area contributed by atoms with Crippen molar-refractivity contribution in [1.82, 2.24) is 5.32 Å². The molecule has 0 saturated heterocycles. The van der Waals surface area contributed by atoms with Crippen molar-refractivity contribution in [3.05, 3.63) is 28.7 Å². The van der Waals surface area contributed by atoms with Crippen molar-refractivity contribution in [2.75, 3.05) is 13.2 Å². The number of ether oxygens (including phenoxy) is 1. The molecule has 0 aromatic heterocycles. The van der Waals surface area contributed by atoms with Gasteiger partial charge in [-0.05, 0) is 49.9 Å². The molecule has 2 N–H and O–H groups in total. The first kappa shape index (κ1) is 15.3. The fourth-order valence-electron chi connectivity index (χ4n) is 2.51. The van der Waals surface area contributed by atoms with Crippen molar-refractivity contribution in [3.8, 4) is 5.75 Å². The van der Waals surface area contributed by atoms with Gasteiger partial charge in [-0.1, -0.05) is 15.9 Å². The maximum absolute atomic E-state index is 10.9. The highest BCUT2D eigenvalue weighted by Gasteiger charge is 2.25. The first-order chi connectivity index (χ1) is 9.65. The molecule has 0 heterocycles. The Morgan fingerprint density at radius 1 is 1.25 bits per heavy atom. The molecule has 0 unspecified atom stereocenters. The summed E-state index contributed by atoms with van der Waals surface area (Å²) in [6.07, 6.45) is 3.44. The average Bonchev–Trinajstić information content (AvgIpc) is 2.46. The van der Waals surface area contributed by atoms with Gasteiger partial charge < -0.3 is 15.2 Å². The first-order valence-electron chi connectivity index (χ1n) is 6.99. The normalized spacial score (nSPS) is 22.4. The largest absolute Gasteiger partial charge is 0.492 e. The molecule has 5 heteroatoms. The molecule has 1 aliphatic carbocycles. The Labute approximate surface area is 127 Å². The SMILES string of the molecule is O=C(O)C1CCC(NCCOc2ccc(Br)cc2)CC1. The second-order valence-electron chi connectivity index (χ2n) is 5.14. The highest BCUT2D eigenvalue weighted by molar-refractivity contribution is 9.10. The van der Waals surface area contributed by atoms with E-state index in [1.807, 2.05) is 24.3 Å². The van der Waals surface area contributed by atoms with Crippen LogP contribution in [0.15, 0.2) is 28.7 Å². The zero-order valence-corrected chi connectivity index (χ0v) is 12.9. The third-order valence-electron chi connectivity index (χ3n) is 3.69. The number of rotatable bonds is 6. The van der Waals surface area contributed by atoms with E-state index in [-0.39, 0.29) is 5.92 Å². The molecule has 4 nitrogen and oxygen atoms in total. The Hall–Kier alpha value is -1.07. The number of benzene rings is 1. The number of carboxylic acid groups (broad SMARTS) is 1. The summed E-state index contributed by atoms with van der Waals surface area (Å²) in [7, 11) is 0. The minimum absolute atomic E-state index is 0.146. The lowest BCUT2D eigenvalue weighted by Crippen LogP contribution is -2.37. The molecule has 0 bridgehead atoms. The lowest BCUT2D eigenvalue weighted by molar-refractivity contribution is -0.142. The highest BCUT2D eigenvalue weighted by atomic mass is 79.9. The molecule has 1 aromatic carbocycles. The van der Waals surface area contributed by atoms with E-state index in [4.69, 9.17) is 9.84 Å². The van der Waals surface area contributed by atoms with Crippen LogP contribution in [0.5, 0.6) is 5.75 Å². The lowest BCUT2D eigenvalue weighted by atomic mass is 9.86. The van der Waals surface area contributed by atoms with Crippen molar-refractivity contribution in [2.24, 2.45) is 5.92 Å². The Morgan fingerprint density at radius 3 is 2.50 bits per heavy atom. The lowest BCUT2D eigenvalue weighted by Gasteiger charge is -2.26. The predicted octanol–water partition coefficient (Wildman–Crippen LogP) is 3.06. The molecule has 20 heavy (non-hydrogen) atoms. The van der Waals surface area contributed by atoms with Crippen LogP contribution >= 0.6 is 15.9 Å². The smallest absolute Gasteiger partial charge is 0.306 e. The molecule has 1 saturated carbocycles. The van der Waals surface area contributed by atoms with Gasteiger partial charge >= 0.3 is 5.97 Å². The molecular formula is C15H20BrNO3. The third-order valence-corrected chi connectivity index (χ3v) is 4.22. The van der Waals surface area contributed by atoms with Gasteiger partial charge in [0.2, 0.25) is 0 Å². The zero-order chi connectivity index (χ0) is 14.4. The summed E-state index contributed by atoms with van der Waals surface area (Å²) in [6, 6.07) is 8.20. The maximum atomic E-state index is 10.9. The summed E-state index contributed by atoms with van der Waals surface area (Å²) in [5.74, 6) is 0.0682. The zero-order valence-electron chi connectivity index (χ0n) is 11.3. The number of hydrogen-bond acceptors (Lipinski definition) is 3. The summed E-state index contributed by atoms with van der Waals surface area (Å²) >= 11 is 3.38. The van der Waals surface area contributed by atoms with Gasteiger partial charge in [0.1, 0.15) is 12.4 Å². The topological polar surface area (TPSA) is 58.6 Å². The Balaban J connectivity index is 1.60. The van der Waals surface area contributed by atoms with Gasteiger partial charge in [0.25, 0.3) is 0 Å². The van der Waals surface area contributed by atoms with Gasteiger partial charge in [-0.15, -0.1) is 0 Å². The van der Waals surface area contributed by atoms with Crippen LogP contribution in [0.3, 0.4) is 0 Å². The van der Waals surface area contributed by atoms with Gasteiger partial charge in [-0.2, -0.15) is 0 Å². The molecule has 0 radical (unpaired) electrons. The fourth-order valence-corrected chi connectivity index (χ4v) is 2.77. The number of aliphatic carboxylic acids is 1. The van der Waals surface area contributed by atoms with Crippen molar-refractivity contribution in [1.29, 1.82) is 0 Å². The number of carbonyl (C=O) groups is 1. The van der Waals surface area contributed by atoms with E-state index < -0.39 is 5.97 Å². The summed E-state index contributed by atoms with van der Waals surface area (Å²) in [5.41, 5.74) is 0. The van der Waals surface area contributed by atoms with E-state index in [1.54, 1.807) is 0 Å². The standard InChI is InChI=1S/C15H20BrNO3/c16-12-3-7-14(8-4-12)20-10-9-17-13-5-1-11(2-6-13)15(18)19/h3-4,7-8,11,13,17H,1-2,5-6,9-10H2,(H,18,19). The summed E-state index contributed by atoms with van der Waals surface area (Å²) in [4.78, 5) is 10.9. The van der Waals surface area contributed by atoms with E-state index in [0.29, 0.717) is 12.6 Å². The average molecular weight is 342 g/mol. The van der Waals surface area contributed by atoms with Crippen LogP contribution in [-0.4, -0.2) is 30.3 Å². The quantitative estimate of drug-likeness (QED) is 0.780. The minimum atomic E-state index is -0.651. The van der Waals surface area contributed by atoms with Crippen molar-refractivity contribution in [3.63, 3.8) is 0 Å². The summed E-state index contributed by atoms with van der Waals surface area (Å²) in [5, 5.41) is 12.4. The highest BCUT2D eigenvalue weighted by Crippen LogP contribution is 2.24. The fraction of sp³-hybridized carbons (Fsp3) is 0.533. The number of nitrogens with one attached hydrogen (secondary N) is 1. The van der Waals surface area contributed by atoms with Crippen LogP contribution < -0.4 is 10.1 Å². The second kappa shape index (κ2) is 7.64. The van der Waals surface area contributed by atoms with E-state index >= 15 is 0 Å². The van der Waals surface area contributed by atoms with Crippen LogP contribution in [0.4, 0.5) is 0 Å². The van der Waals surface area contributed by atoms with Crippen LogP contribution in [0.25, 0.3) is 0 Å². The number of carboxylic acids is 1. The van der Waals surface area contributed by atoms with Crippen LogP contribution in [-0.2, 0) is 4.79 Å². The monoisotopic (exact) mass is 341 g/mol. The van der Waals surface area contributed by atoms with Crippen LogP contribution in [0, 0.1) is 5.92 Å². The molecule has 2 rings (SSSR count). The Bertz CT molecular complexity index is 427. The second-order valence-corrected chi connectivity index (χ2v) is 6.06. The van der Waals surface area contributed by atoms with E-state index in [1.165, 1.54) is 0 Å². The minimum Gasteiger partial charge on any atom is -0.492 e. The van der Waals surface area contributed by atoms with Gasteiger partial charge in [0.15, 0.2) is 0 Å². The van der Waals surface area contributed by atoms with Gasteiger partial charge in [0, 0.05) is 17.1 Å². The van der Waals surface area contributed by atoms with Gasteiger partial charge in [-0.25, -0.2) is 0 Å². The molecule has 110 valence electrons. The Kier molecular flexibility index (Phi) is 5.86. The molecule has 1 aromatic rings. The molecular weight excluding hydrogens is 322 g/mol. The Morgan fingerprint density at radius 2 is 1.90 bits per heavy atom. The van der Waals surface area contributed by atoms with Crippen LogP contribution in [0.2, 0.25) is 0 Å². The molecule has 1 aliphatic rings. The number of halogens is 1. The van der Waals surface area contributed by atoms with Crippen molar-refractivity contribution >= 4 is 21.9 Å². The summed E-state index contributed by atoms with van der Waals surface area (Å²) < 4.78 is 6.67. The molecule has 0 atom stereocenters. The third kappa shape index (κ3) is 4.80. The predicted molar refractivity (Wildman–Crippen MR) is 81.0 cm³/mol. The van der Waals surface area contributed by atoms with E-state index in [0.717, 1.165) is 42.5 Å². The van der Waals surface area contributed by atoms with Gasteiger partial charge in [-0.3, -0.25) is 4.79 Å². The number of hydrogen-bond donors (Lipinski definition) is 2. The van der Waals surface area contributed by atoms with Crippen molar-refractivity contribution < 1.29 is 14.6 Å². The molecule has 1 fully saturated rings. The van der Waals surface area contributed by atoms with Crippen molar-refractivity contribution in [2.45, 2.75) is 31.7 Å². The van der Waals surface area contributed by atoms with E-state index in [2.05, 4.69) is 21.2 Å². The van der Waals surface area contributed by atoms with Gasteiger partial charge in [0.05, 0.1) is 5.92 Å². The summed E-state index contributed by atoms with van der Waals surface area (Å²) in [6.45, 7) is 1.42. The molecule has 0 amide bonds. The van der Waals surface area contributed by atoms with E-state index in [9.17, 15) is 4.79 Å². The van der Waals surface area contributed by atoms with Crippen LogP contribution in [0.1, 0.15) is 25.7 Å². The molecule has 0 spiro atoms. The maximum Gasteiger partial charge on any atom is 0.306 e. The molecule has 0 aliphatic heterocycles. The first-order valence-corrected chi connectivity index (χ1v) is 7.79.